The Morgan fingerprint density at radius 1 is 1.12 bits per heavy atom. The Bertz CT molecular complexity index is 369. The number of carbonyl (C=O) groups is 1. The first kappa shape index (κ1) is 12.1. The maximum absolute atomic E-state index is 10.6. The Morgan fingerprint density at radius 3 is 2.29 bits per heavy atom. The standard InChI is InChI=1S/C16H20O/c1-2-3-13-4-8-15(9-5-13)16-10-6-14(12-17)7-11-16/h2,6-7,10-13,15H,1,3-5,8-9H2. The molecule has 0 atom stereocenters. The van der Waals surface area contributed by atoms with Crippen molar-refractivity contribution in [2.24, 2.45) is 5.92 Å². The molecule has 90 valence electrons. The van der Waals surface area contributed by atoms with Crippen molar-refractivity contribution in [2.75, 3.05) is 0 Å². The SMILES string of the molecule is C=CCC1CCC(c2ccc(C=O)cc2)CC1. The number of benzene rings is 1. The molecule has 0 aromatic heterocycles. The van der Waals surface area contributed by atoms with Crippen LogP contribution in [0.2, 0.25) is 0 Å². The molecule has 17 heavy (non-hydrogen) atoms. The van der Waals surface area contributed by atoms with E-state index in [-0.39, 0.29) is 0 Å². The van der Waals surface area contributed by atoms with E-state index >= 15 is 0 Å². The van der Waals surface area contributed by atoms with Gasteiger partial charge in [0.15, 0.2) is 0 Å². The van der Waals surface area contributed by atoms with Gasteiger partial charge >= 0.3 is 0 Å². The van der Waals surface area contributed by atoms with E-state index in [0.717, 1.165) is 24.2 Å². The Labute approximate surface area is 104 Å². The predicted molar refractivity (Wildman–Crippen MR) is 71.3 cm³/mol. The maximum atomic E-state index is 10.6. The fraction of sp³-hybridized carbons (Fsp3) is 0.438. The molecule has 0 spiro atoms. The summed E-state index contributed by atoms with van der Waals surface area (Å²) < 4.78 is 0. The summed E-state index contributed by atoms with van der Waals surface area (Å²) in [5.74, 6) is 1.54. The number of carbonyl (C=O) groups excluding carboxylic acids is 1. The molecule has 0 bridgehead atoms. The lowest BCUT2D eigenvalue weighted by Crippen LogP contribution is -2.12. The lowest BCUT2D eigenvalue weighted by Gasteiger charge is -2.28. The zero-order valence-corrected chi connectivity index (χ0v) is 10.3. The van der Waals surface area contributed by atoms with E-state index in [9.17, 15) is 4.79 Å². The average molecular weight is 228 g/mol. The number of aldehydes is 1. The smallest absolute Gasteiger partial charge is 0.150 e. The van der Waals surface area contributed by atoms with Gasteiger partial charge in [-0.1, -0.05) is 30.3 Å². The number of allylic oxidation sites excluding steroid dienone is 1. The predicted octanol–water partition coefficient (Wildman–Crippen LogP) is 4.35. The van der Waals surface area contributed by atoms with Gasteiger partial charge < -0.3 is 0 Å². The highest BCUT2D eigenvalue weighted by molar-refractivity contribution is 5.74. The second-order valence-corrected chi connectivity index (χ2v) is 5.03. The third-order valence-corrected chi connectivity index (χ3v) is 3.89. The quantitative estimate of drug-likeness (QED) is 0.553. The molecule has 0 aliphatic heterocycles. The minimum Gasteiger partial charge on any atom is -0.298 e. The summed E-state index contributed by atoms with van der Waals surface area (Å²) in [5.41, 5.74) is 2.17. The zero-order valence-electron chi connectivity index (χ0n) is 10.3. The van der Waals surface area contributed by atoms with E-state index < -0.39 is 0 Å². The highest BCUT2D eigenvalue weighted by Gasteiger charge is 2.21. The normalized spacial score (nSPS) is 24.2. The Morgan fingerprint density at radius 2 is 1.76 bits per heavy atom. The van der Waals surface area contributed by atoms with Crippen LogP contribution in [0.5, 0.6) is 0 Å². The van der Waals surface area contributed by atoms with Gasteiger partial charge in [0.25, 0.3) is 0 Å². The van der Waals surface area contributed by atoms with Crippen LogP contribution in [0.4, 0.5) is 0 Å². The molecule has 1 saturated carbocycles. The van der Waals surface area contributed by atoms with Crippen LogP contribution in [-0.2, 0) is 0 Å². The summed E-state index contributed by atoms with van der Waals surface area (Å²) in [5, 5.41) is 0. The summed E-state index contributed by atoms with van der Waals surface area (Å²) in [4.78, 5) is 10.6. The second kappa shape index (κ2) is 5.81. The molecule has 1 fully saturated rings. The first-order chi connectivity index (χ1) is 8.33. The molecule has 1 aromatic rings. The van der Waals surface area contributed by atoms with Crippen LogP contribution < -0.4 is 0 Å². The van der Waals surface area contributed by atoms with Gasteiger partial charge in [0, 0.05) is 5.56 Å². The van der Waals surface area contributed by atoms with Gasteiger partial charge in [-0.05, 0) is 49.5 Å². The molecule has 2 rings (SSSR count). The van der Waals surface area contributed by atoms with Crippen LogP contribution in [0, 0.1) is 5.92 Å². The number of hydrogen-bond acceptors (Lipinski definition) is 1. The Kier molecular flexibility index (Phi) is 4.13. The Balaban J connectivity index is 1.95. The average Bonchev–Trinajstić information content (AvgIpc) is 2.40. The molecule has 0 unspecified atom stereocenters. The molecular formula is C16H20O. The van der Waals surface area contributed by atoms with Gasteiger partial charge in [0.1, 0.15) is 6.29 Å². The van der Waals surface area contributed by atoms with E-state index in [4.69, 9.17) is 0 Å². The molecule has 1 aromatic carbocycles. The van der Waals surface area contributed by atoms with Crippen molar-refractivity contribution in [3.8, 4) is 0 Å². The van der Waals surface area contributed by atoms with Crippen molar-refractivity contribution in [3.05, 3.63) is 48.0 Å². The fourth-order valence-corrected chi connectivity index (χ4v) is 2.81. The summed E-state index contributed by atoms with van der Waals surface area (Å²) in [6.07, 6.45) is 9.29. The van der Waals surface area contributed by atoms with Gasteiger partial charge in [-0.2, -0.15) is 0 Å². The summed E-state index contributed by atoms with van der Waals surface area (Å²) in [6, 6.07) is 8.08. The molecule has 0 heterocycles. The monoisotopic (exact) mass is 228 g/mol. The van der Waals surface area contributed by atoms with Crippen molar-refractivity contribution in [1.29, 1.82) is 0 Å². The lowest BCUT2D eigenvalue weighted by atomic mass is 9.77. The van der Waals surface area contributed by atoms with Crippen LogP contribution in [0.3, 0.4) is 0 Å². The van der Waals surface area contributed by atoms with Crippen molar-refractivity contribution >= 4 is 6.29 Å². The van der Waals surface area contributed by atoms with Gasteiger partial charge in [-0.25, -0.2) is 0 Å². The largest absolute Gasteiger partial charge is 0.298 e. The van der Waals surface area contributed by atoms with Gasteiger partial charge in [-0.15, -0.1) is 6.58 Å². The molecule has 1 aliphatic rings. The zero-order chi connectivity index (χ0) is 12.1. The van der Waals surface area contributed by atoms with Crippen LogP contribution in [0.15, 0.2) is 36.9 Å². The highest BCUT2D eigenvalue weighted by atomic mass is 16.1. The van der Waals surface area contributed by atoms with E-state index in [0.29, 0.717) is 5.92 Å². The van der Waals surface area contributed by atoms with E-state index in [1.807, 2.05) is 18.2 Å². The van der Waals surface area contributed by atoms with Crippen molar-refractivity contribution in [2.45, 2.75) is 38.0 Å². The Hall–Kier alpha value is -1.37. The molecule has 0 N–H and O–H groups in total. The van der Waals surface area contributed by atoms with Crippen LogP contribution in [0.25, 0.3) is 0 Å². The fourth-order valence-electron chi connectivity index (χ4n) is 2.81. The molecule has 0 radical (unpaired) electrons. The van der Waals surface area contributed by atoms with Crippen LogP contribution >= 0.6 is 0 Å². The number of hydrogen-bond donors (Lipinski definition) is 0. The van der Waals surface area contributed by atoms with Crippen molar-refractivity contribution in [1.82, 2.24) is 0 Å². The second-order valence-electron chi connectivity index (χ2n) is 5.03. The molecule has 1 aliphatic carbocycles. The van der Waals surface area contributed by atoms with Crippen LogP contribution in [-0.4, -0.2) is 6.29 Å². The first-order valence-electron chi connectivity index (χ1n) is 6.49. The first-order valence-corrected chi connectivity index (χ1v) is 6.49. The summed E-state index contributed by atoms with van der Waals surface area (Å²) >= 11 is 0. The van der Waals surface area contributed by atoms with Crippen LogP contribution in [0.1, 0.15) is 53.9 Å². The molecule has 1 heteroatoms. The number of rotatable bonds is 4. The minimum atomic E-state index is 0.691. The molecule has 1 nitrogen and oxygen atoms in total. The molecule has 0 saturated heterocycles. The summed E-state index contributed by atoms with van der Waals surface area (Å²) in [6.45, 7) is 3.82. The van der Waals surface area contributed by atoms with E-state index in [1.165, 1.54) is 31.2 Å². The third-order valence-electron chi connectivity index (χ3n) is 3.89. The minimum absolute atomic E-state index is 0.691. The maximum Gasteiger partial charge on any atom is 0.150 e. The third kappa shape index (κ3) is 3.06. The van der Waals surface area contributed by atoms with E-state index in [2.05, 4.69) is 18.7 Å². The van der Waals surface area contributed by atoms with Gasteiger partial charge in [-0.3, -0.25) is 4.79 Å². The molecule has 0 amide bonds. The van der Waals surface area contributed by atoms with Crippen molar-refractivity contribution in [3.63, 3.8) is 0 Å². The van der Waals surface area contributed by atoms with Gasteiger partial charge in [0.05, 0.1) is 0 Å². The summed E-state index contributed by atoms with van der Waals surface area (Å²) in [7, 11) is 0. The lowest BCUT2D eigenvalue weighted by molar-refractivity contribution is 0.112. The van der Waals surface area contributed by atoms with Gasteiger partial charge in [0.2, 0.25) is 0 Å². The van der Waals surface area contributed by atoms with Crippen molar-refractivity contribution < 1.29 is 4.79 Å². The van der Waals surface area contributed by atoms with E-state index in [1.54, 1.807) is 0 Å². The molecular weight excluding hydrogens is 208 g/mol. The highest BCUT2D eigenvalue weighted by Crippen LogP contribution is 2.37. The topological polar surface area (TPSA) is 17.1 Å².